The molecule has 22 heavy (non-hydrogen) atoms. The summed E-state index contributed by atoms with van der Waals surface area (Å²) in [5, 5.41) is 0. The Morgan fingerprint density at radius 3 is 2.32 bits per heavy atom. The Bertz CT molecular complexity index is 412. The lowest BCUT2D eigenvalue weighted by atomic mass is 9.78. The van der Waals surface area contributed by atoms with E-state index >= 15 is 0 Å². The minimum absolute atomic E-state index is 0.751. The number of rotatable bonds is 9. The summed E-state index contributed by atoms with van der Waals surface area (Å²) in [4.78, 5) is 0. The standard InChI is InChI=1S/C21H32O/c1-3-5-18-6-8-19(9-7-18)10-11-20-12-14-21(15-13-20)17-22-16-4-2/h3,12-15,18-19H,1,4-11,16-17H2,2H3/t18-,19-. The van der Waals surface area contributed by atoms with Gasteiger partial charge in [-0.25, -0.2) is 0 Å². The predicted molar refractivity (Wildman–Crippen MR) is 95.0 cm³/mol. The molecule has 122 valence electrons. The molecule has 0 heterocycles. The van der Waals surface area contributed by atoms with Crippen molar-refractivity contribution in [2.75, 3.05) is 6.61 Å². The molecule has 0 N–H and O–H groups in total. The lowest BCUT2D eigenvalue weighted by molar-refractivity contribution is 0.121. The van der Waals surface area contributed by atoms with E-state index in [0.717, 1.165) is 31.5 Å². The molecule has 0 amide bonds. The van der Waals surface area contributed by atoms with Gasteiger partial charge in [0.1, 0.15) is 0 Å². The summed E-state index contributed by atoms with van der Waals surface area (Å²) in [6, 6.07) is 9.03. The van der Waals surface area contributed by atoms with Crippen LogP contribution in [0.5, 0.6) is 0 Å². The SMILES string of the molecule is C=CC[C@H]1CC[C@H](CCc2ccc(COCCC)cc2)CC1. The zero-order chi connectivity index (χ0) is 15.6. The van der Waals surface area contributed by atoms with Crippen LogP contribution >= 0.6 is 0 Å². The maximum absolute atomic E-state index is 5.59. The smallest absolute Gasteiger partial charge is 0.0716 e. The van der Waals surface area contributed by atoms with Crippen molar-refractivity contribution in [1.82, 2.24) is 0 Å². The van der Waals surface area contributed by atoms with Crippen molar-refractivity contribution in [1.29, 1.82) is 0 Å². The maximum Gasteiger partial charge on any atom is 0.0716 e. The monoisotopic (exact) mass is 300 g/mol. The number of hydrogen-bond donors (Lipinski definition) is 0. The van der Waals surface area contributed by atoms with Crippen LogP contribution in [0.1, 0.15) is 63.0 Å². The molecule has 1 saturated carbocycles. The van der Waals surface area contributed by atoms with Gasteiger partial charge in [-0.05, 0) is 61.5 Å². The zero-order valence-corrected chi connectivity index (χ0v) is 14.2. The third kappa shape index (κ3) is 5.96. The van der Waals surface area contributed by atoms with Crippen LogP contribution in [0.25, 0.3) is 0 Å². The highest BCUT2D eigenvalue weighted by Gasteiger charge is 2.19. The van der Waals surface area contributed by atoms with Gasteiger partial charge in [-0.1, -0.05) is 50.1 Å². The highest BCUT2D eigenvalue weighted by atomic mass is 16.5. The van der Waals surface area contributed by atoms with E-state index in [-0.39, 0.29) is 0 Å². The van der Waals surface area contributed by atoms with E-state index in [4.69, 9.17) is 4.74 Å². The molecule has 0 spiro atoms. The molecule has 0 unspecified atom stereocenters. The molecule has 0 radical (unpaired) electrons. The van der Waals surface area contributed by atoms with Gasteiger partial charge in [0.15, 0.2) is 0 Å². The second-order valence-electron chi connectivity index (χ2n) is 6.82. The van der Waals surface area contributed by atoms with E-state index in [2.05, 4.69) is 43.8 Å². The van der Waals surface area contributed by atoms with Crippen molar-refractivity contribution >= 4 is 0 Å². The molecule has 1 aromatic rings. The fourth-order valence-electron chi connectivity index (χ4n) is 3.50. The van der Waals surface area contributed by atoms with Crippen LogP contribution in [0, 0.1) is 11.8 Å². The number of ether oxygens (including phenoxy) is 1. The van der Waals surface area contributed by atoms with Gasteiger partial charge in [-0.15, -0.1) is 6.58 Å². The molecule has 1 aromatic carbocycles. The molecule has 1 aliphatic carbocycles. The molecule has 1 aliphatic rings. The van der Waals surface area contributed by atoms with Crippen LogP contribution in [0.4, 0.5) is 0 Å². The molecule has 0 bridgehead atoms. The summed E-state index contributed by atoms with van der Waals surface area (Å²) < 4.78 is 5.59. The van der Waals surface area contributed by atoms with Gasteiger partial charge in [-0.3, -0.25) is 0 Å². The van der Waals surface area contributed by atoms with Crippen molar-refractivity contribution in [3.05, 3.63) is 48.0 Å². The van der Waals surface area contributed by atoms with Crippen LogP contribution < -0.4 is 0 Å². The van der Waals surface area contributed by atoms with Crippen LogP contribution in [0.3, 0.4) is 0 Å². The lowest BCUT2D eigenvalue weighted by Crippen LogP contribution is -2.14. The lowest BCUT2D eigenvalue weighted by Gasteiger charge is -2.27. The van der Waals surface area contributed by atoms with Crippen LogP contribution in [0.2, 0.25) is 0 Å². The number of hydrogen-bond acceptors (Lipinski definition) is 1. The molecule has 0 aromatic heterocycles. The minimum Gasteiger partial charge on any atom is -0.377 e. The first-order chi connectivity index (χ1) is 10.8. The van der Waals surface area contributed by atoms with E-state index in [9.17, 15) is 0 Å². The highest BCUT2D eigenvalue weighted by molar-refractivity contribution is 5.22. The van der Waals surface area contributed by atoms with Gasteiger partial charge < -0.3 is 4.74 Å². The number of aryl methyl sites for hydroxylation is 1. The van der Waals surface area contributed by atoms with Crippen molar-refractivity contribution in [2.24, 2.45) is 11.8 Å². The van der Waals surface area contributed by atoms with E-state index < -0.39 is 0 Å². The Morgan fingerprint density at radius 1 is 1.05 bits per heavy atom. The second-order valence-corrected chi connectivity index (χ2v) is 6.82. The van der Waals surface area contributed by atoms with Crippen molar-refractivity contribution in [2.45, 2.75) is 64.9 Å². The first-order valence-corrected chi connectivity index (χ1v) is 9.08. The molecular formula is C21H32O. The predicted octanol–water partition coefficient (Wildman–Crippen LogP) is 5.93. The van der Waals surface area contributed by atoms with Crippen LogP contribution in [0.15, 0.2) is 36.9 Å². The largest absolute Gasteiger partial charge is 0.377 e. The highest BCUT2D eigenvalue weighted by Crippen LogP contribution is 2.33. The average Bonchev–Trinajstić information content (AvgIpc) is 2.56. The minimum atomic E-state index is 0.751. The molecular weight excluding hydrogens is 268 g/mol. The van der Waals surface area contributed by atoms with Gasteiger partial charge in [0.05, 0.1) is 6.61 Å². The van der Waals surface area contributed by atoms with Gasteiger partial charge >= 0.3 is 0 Å². The topological polar surface area (TPSA) is 9.23 Å². The Kier molecular flexibility index (Phi) is 7.73. The summed E-state index contributed by atoms with van der Waals surface area (Å²) in [6.07, 6.45) is 12.6. The maximum atomic E-state index is 5.59. The summed E-state index contributed by atoms with van der Waals surface area (Å²) in [6.45, 7) is 7.63. The molecule has 1 fully saturated rings. The molecule has 0 saturated heterocycles. The van der Waals surface area contributed by atoms with Crippen molar-refractivity contribution in [3.63, 3.8) is 0 Å². The van der Waals surface area contributed by atoms with E-state index in [1.807, 2.05) is 0 Å². The molecule has 2 rings (SSSR count). The first-order valence-electron chi connectivity index (χ1n) is 9.08. The van der Waals surface area contributed by atoms with Crippen LogP contribution in [-0.2, 0) is 17.8 Å². The normalized spacial score (nSPS) is 21.7. The van der Waals surface area contributed by atoms with Gasteiger partial charge in [0.25, 0.3) is 0 Å². The van der Waals surface area contributed by atoms with E-state index in [1.165, 1.54) is 56.1 Å². The quantitative estimate of drug-likeness (QED) is 0.406. The Labute approximate surface area is 136 Å². The van der Waals surface area contributed by atoms with Gasteiger partial charge in [0, 0.05) is 6.61 Å². The summed E-state index contributed by atoms with van der Waals surface area (Å²) >= 11 is 0. The van der Waals surface area contributed by atoms with Gasteiger partial charge in [-0.2, -0.15) is 0 Å². The second kappa shape index (κ2) is 9.84. The molecule has 0 atom stereocenters. The Morgan fingerprint density at radius 2 is 1.68 bits per heavy atom. The molecule has 1 nitrogen and oxygen atoms in total. The van der Waals surface area contributed by atoms with Crippen LogP contribution in [-0.4, -0.2) is 6.61 Å². The summed E-state index contributed by atoms with van der Waals surface area (Å²) in [5.74, 6) is 1.85. The van der Waals surface area contributed by atoms with Gasteiger partial charge in [0.2, 0.25) is 0 Å². The third-order valence-corrected chi connectivity index (χ3v) is 4.95. The average molecular weight is 300 g/mol. The number of allylic oxidation sites excluding steroid dienone is 1. The Balaban J connectivity index is 1.67. The fraction of sp³-hybridized carbons (Fsp3) is 0.619. The zero-order valence-electron chi connectivity index (χ0n) is 14.2. The third-order valence-electron chi connectivity index (χ3n) is 4.95. The first kappa shape index (κ1) is 17.3. The Hall–Kier alpha value is -1.08. The van der Waals surface area contributed by atoms with Crippen molar-refractivity contribution in [3.8, 4) is 0 Å². The van der Waals surface area contributed by atoms with E-state index in [1.54, 1.807) is 0 Å². The number of benzene rings is 1. The summed E-state index contributed by atoms with van der Waals surface area (Å²) in [7, 11) is 0. The fourth-order valence-corrected chi connectivity index (χ4v) is 3.50. The molecule has 0 aliphatic heterocycles. The van der Waals surface area contributed by atoms with Crippen molar-refractivity contribution < 1.29 is 4.74 Å². The summed E-state index contributed by atoms with van der Waals surface area (Å²) in [5.41, 5.74) is 2.77. The molecule has 1 heteroatoms. The van der Waals surface area contributed by atoms with E-state index in [0.29, 0.717) is 0 Å².